The average molecular weight is 1120 g/mol. The quantitative estimate of drug-likeness (QED) is 0.0649. The van der Waals surface area contributed by atoms with Crippen LogP contribution in [0.3, 0.4) is 0 Å². The van der Waals surface area contributed by atoms with Gasteiger partial charge in [-0.25, -0.2) is 0 Å². The second kappa shape index (κ2) is 25.9. The lowest BCUT2D eigenvalue weighted by Gasteiger charge is -2.35. The second-order valence-corrected chi connectivity index (χ2v) is 24.0. The van der Waals surface area contributed by atoms with Gasteiger partial charge in [0.2, 0.25) is 35.4 Å². The number of carbonyl (C=O) groups is 8. The molecule has 0 spiro atoms. The van der Waals surface area contributed by atoms with E-state index >= 15 is 0 Å². The third-order valence-corrected chi connectivity index (χ3v) is 18.7. The summed E-state index contributed by atoms with van der Waals surface area (Å²) < 4.78 is 0. The summed E-state index contributed by atoms with van der Waals surface area (Å²) in [6, 6.07) is 20.4. The van der Waals surface area contributed by atoms with Crippen LogP contribution < -0.4 is 42.5 Å². The van der Waals surface area contributed by atoms with Crippen molar-refractivity contribution in [2.24, 2.45) is 11.8 Å². The van der Waals surface area contributed by atoms with Gasteiger partial charge in [0.1, 0.15) is 24.2 Å². The molecule has 2 aliphatic heterocycles. The Bertz CT molecular complexity index is 2850. The molecule has 436 valence electrons. The molecule has 4 aromatic carbocycles. The van der Waals surface area contributed by atoms with E-state index < -0.39 is 48.3 Å². The maximum absolute atomic E-state index is 14.9. The van der Waals surface area contributed by atoms with Crippen molar-refractivity contribution in [3.63, 3.8) is 0 Å². The van der Waals surface area contributed by atoms with Crippen LogP contribution in [0.5, 0.6) is 0 Å². The van der Waals surface area contributed by atoms with Crippen LogP contribution in [0.2, 0.25) is 0 Å². The van der Waals surface area contributed by atoms with Crippen molar-refractivity contribution >= 4 is 58.0 Å². The number of amides is 8. The Hall–Kier alpha value is -7.18. The molecule has 8 amide bonds. The first-order valence-corrected chi connectivity index (χ1v) is 30.2. The zero-order chi connectivity index (χ0) is 57.6. The molecule has 2 saturated carbocycles. The van der Waals surface area contributed by atoms with E-state index in [1.54, 1.807) is 74.1 Å². The summed E-state index contributed by atoms with van der Waals surface area (Å²) in [5.41, 5.74) is 5.20. The van der Waals surface area contributed by atoms with E-state index in [-0.39, 0.29) is 97.1 Å². The van der Waals surface area contributed by atoms with Crippen molar-refractivity contribution in [2.75, 3.05) is 27.2 Å². The molecule has 2 heterocycles. The number of likely N-dealkylation sites (tertiary alicyclic amines) is 2. The molecule has 10 atom stereocenters. The maximum atomic E-state index is 14.9. The van der Waals surface area contributed by atoms with Crippen LogP contribution in [0.15, 0.2) is 84.9 Å². The number of likely N-dealkylation sites (N-methyl/N-ethyl adjacent to an activating group) is 2. The predicted molar refractivity (Wildman–Crippen MR) is 312 cm³/mol. The van der Waals surface area contributed by atoms with Crippen molar-refractivity contribution in [3.8, 4) is 0 Å². The number of rotatable bonds is 18. The van der Waals surface area contributed by atoms with Gasteiger partial charge in [-0.05, 0) is 161 Å². The highest BCUT2D eigenvalue weighted by molar-refractivity contribution is 6.03. The lowest BCUT2D eigenvalue weighted by molar-refractivity contribution is -0.143. The van der Waals surface area contributed by atoms with Crippen molar-refractivity contribution < 1.29 is 38.4 Å². The van der Waals surface area contributed by atoms with Gasteiger partial charge in [0.25, 0.3) is 11.8 Å². The molecule has 4 aliphatic carbocycles. The second-order valence-electron chi connectivity index (χ2n) is 24.0. The Balaban J connectivity index is 0.836. The molecule has 0 aromatic heterocycles. The van der Waals surface area contributed by atoms with Crippen LogP contribution in [-0.2, 0) is 41.6 Å². The zero-order valence-corrected chi connectivity index (χ0v) is 47.9. The summed E-state index contributed by atoms with van der Waals surface area (Å²) in [7, 11) is 3.39. The Morgan fingerprint density at radius 3 is 1.26 bits per heavy atom. The molecule has 0 radical (unpaired) electrons. The van der Waals surface area contributed by atoms with E-state index in [9.17, 15) is 38.4 Å². The maximum Gasteiger partial charge on any atom is 0.251 e. The van der Waals surface area contributed by atoms with E-state index in [0.717, 1.165) is 101 Å². The fraction of sp³-hybridized carbons (Fsp3) is 0.531. The summed E-state index contributed by atoms with van der Waals surface area (Å²) in [6.07, 6.45) is 12.5. The van der Waals surface area contributed by atoms with Gasteiger partial charge < -0.3 is 52.3 Å². The molecule has 0 bridgehead atoms. The molecule has 18 nitrogen and oxygen atoms in total. The van der Waals surface area contributed by atoms with Gasteiger partial charge in [0.05, 0.1) is 24.2 Å². The fourth-order valence-corrected chi connectivity index (χ4v) is 13.8. The van der Waals surface area contributed by atoms with E-state index in [2.05, 4.69) is 54.7 Å². The fourth-order valence-electron chi connectivity index (χ4n) is 13.8. The van der Waals surface area contributed by atoms with Gasteiger partial charge in [0, 0.05) is 36.3 Å². The summed E-state index contributed by atoms with van der Waals surface area (Å²) >= 11 is 0. The molecule has 6 aliphatic rings. The van der Waals surface area contributed by atoms with Crippen LogP contribution in [0.4, 0.5) is 0 Å². The van der Waals surface area contributed by atoms with Crippen molar-refractivity contribution in [1.29, 1.82) is 0 Å². The number of fused-ring (bicyclic) bond motifs is 3. The zero-order valence-electron chi connectivity index (χ0n) is 47.9. The van der Waals surface area contributed by atoms with E-state index in [1.807, 2.05) is 36.4 Å². The minimum Gasteiger partial charge on any atom is -0.347 e. The van der Waals surface area contributed by atoms with Gasteiger partial charge in [-0.2, -0.15) is 0 Å². The Morgan fingerprint density at radius 2 is 0.866 bits per heavy atom. The van der Waals surface area contributed by atoms with Gasteiger partial charge in [-0.1, -0.05) is 99.2 Å². The number of hydrogen-bond donors (Lipinski definition) is 8. The molecular weight excluding hydrogens is 1040 g/mol. The largest absolute Gasteiger partial charge is 0.347 e. The molecule has 8 N–H and O–H groups in total. The van der Waals surface area contributed by atoms with Crippen molar-refractivity contribution in [3.05, 3.63) is 118 Å². The first kappa shape index (κ1) is 58.0. The molecular formula is C64H82N10O8. The molecule has 4 aromatic rings. The third-order valence-electron chi connectivity index (χ3n) is 18.7. The number of carbonyl (C=O) groups excluding carboxylic acids is 8. The normalized spacial score (nSPS) is 24.1. The smallest absolute Gasteiger partial charge is 0.251 e. The van der Waals surface area contributed by atoms with E-state index in [4.69, 9.17) is 0 Å². The van der Waals surface area contributed by atoms with Crippen LogP contribution in [0, 0.1) is 11.8 Å². The third kappa shape index (κ3) is 12.9. The number of nitrogens with zero attached hydrogens (tertiary/aromatic N) is 2. The monoisotopic (exact) mass is 1120 g/mol. The Labute approximate surface area is 481 Å². The standard InChI is InChI=1S/C64H82N10O8/c1-37(65-3)57(75)71-55(41-17-7-5-8-18-41)63(81)73-35-47(33-53(73)61(79)69-51-29-27-39-15-11-13-21-49(39)51)67-59(77)45-25-23-44-32-46(26-24-43(44)31-45)60(78)68-48-34-54(62(80)70-52-30-28-40-16-12-14-22-50(40)52)74(36-48)64(82)56(42-19-9-6-10-20-42)72-58(76)38(2)66-4/h11-16,21-26,31-32,37-38,41-42,47-48,51-56,65-66H,5-10,17-20,27-30,33-36H2,1-4H3,(H,67,77)(H,68,78)(H,69,79)(H,70,80)(H,71,75)(H,72,76)/t37-,38-,47-,48-,51+,52+,53-,54-,55-,56-/m0/s1. The van der Waals surface area contributed by atoms with Gasteiger partial charge in [0.15, 0.2) is 0 Å². The van der Waals surface area contributed by atoms with Crippen LogP contribution in [0.1, 0.15) is 159 Å². The highest BCUT2D eigenvalue weighted by atomic mass is 16.2. The van der Waals surface area contributed by atoms with Crippen LogP contribution >= 0.6 is 0 Å². The topological polar surface area (TPSA) is 239 Å². The predicted octanol–water partition coefficient (Wildman–Crippen LogP) is 5.19. The molecule has 2 saturated heterocycles. The van der Waals surface area contributed by atoms with Gasteiger partial charge in [-0.3, -0.25) is 38.4 Å². The minimum absolute atomic E-state index is 0.0810. The molecule has 82 heavy (non-hydrogen) atoms. The first-order valence-electron chi connectivity index (χ1n) is 30.2. The summed E-state index contributed by atoms with van der Waals surface area (Å²) in [6.45, 7) is 3.65. The number of hydrogen-bond acceptors (Lipinski definition) is 10. The first-order chi connectivity index (χ1) is 39.7. The van der Waals surface area contributed by atoms with Gasteiger partial charge >= 0.3 is 0 Å². The minimum atomic E-state index is -0.888. The molecule has 18 heteroatoms. The van der Waals surface area contributed by atoms with E-state index in [1.165, 1.54) is 11.1 Å². The Kier molecular flexibility index (Phi) is 18.4. The summed E-state index contributed by atoms with van der Waals surface area (Å²) in [5.74, 6) is -2.78. The lowest BCUT2D eigenvalue weighted by Crippen LogP contribution is -2.58. The van der Waals surface area contributed by atoms with Crippen molar-refractivity contribution in [2.45, 2.75) is 177 Å². The molecule has 0 unspecified atom stereocenters. The van der Waals surface area contributed by atoms with Crippen molar-refractivity contribution in [1.82, 2.24) is 52.3 Å². The van der Waals surface area contributed by atoms with Gasteiger partial charge in [-0.15, -0.1) is 0 Å². The number of aryl methyl sites for hydroxylation is 2. The van der Waals surface area contributed by atoms with Crippen LogP contribution in [0.25, 0.3) is 10.8 Å². The summed E-state index contributed by atoms with van der Waals surface area (Å²) in [5, 5.41) is 26.2. The Morgan fingerprint density at radius 1 is 0.476 bits per heavy atom. The number of nitrogens with one attached hydrogen (secondary N) is 8. The average Bonchev–Trinajstić information content (AvgIpc) is 4.45. The lowest BCUT2D eigenvalue weighted by atomic mass is 9.83. The highest BCUT2D eigenvalue weighted by Crippen LogP contribution is 2.36. The van der Waals surface area contributed by atoms with Crippen LogP contribution in [-0.4, -0.2) is 133 Å². The highest BCUT2D eigenvalue weighted by Gasteiger charge is 2.47. The molecule has 4 fully saturated rings. The van der Waals surface area contributed by atoms with E-state index in [0.29, 0.717) is 21.9 Å². The SMILES string of the molecule is CN[C@@H](C)C(=O)N[C@H](C(=O)N1C[C@@H](NC(=O)c2ccc3cc(C(=O)N[C@H]4C[C@@H](C(=O)N[C@@H]5CCc6ccccc65)N(C(=O)[C@@H](NC(=O)[C@H](C)NC)C5CCCCC5)C4)ccc3c2)C[C@H]1C(=O)N[C@@H]1CCc2ccccc21)C1CCCCC1. The number of benzene rings is 4. The summed E-state index contributed by atoms with van der Waals surface area (Å²) in [4.78, 5) is 117. The molecule has 10 rings (SSSR count).